The first-order chi connectivity index (χ1) is 17.0. The number of amidine groups is 1. The molecule has 2 amide bonds. The van der Waals surface area contributed by atoms with Gasteiger partial charge in [0.05, 0.1) is 33.1 Å². The van der Waals surface area contributed by atoms with Crippen LogP contribution < -0.4 is 5.32 Å². The standard InChI is InChI=1S/C23H23Cl3N4O5S/c1-29(13-15-4-6-16(7-5-15)22-28-11-12-30(22)23(32)33)19(31)3-2-10-27-14-36(34,35)18-9-8-17(24)20(25)21(18)26/h2-9,27H,10-14H2,1H3,(H,32,33)/b3-2+. The van der Waals surface area contributed by atoms with Gasteiger partial charge >= 0.3 is 6.09 Å². The Labute approximate surface area is 223 Å². The minimum absolute atomic E-state index is 0.0305. The molecular formula is C23H23Cl3N4O5S. The first kappa shape index (κ1) is 27.9. The van der Waals surface area contributed by atoms with Gasteiger partial charge < -0.3 is 10.0 Å². The Kier molecular flexibility index (Phi) is 9.37. The lowest BCUT2D eigenvalue weighted by Gasteiger charge is -2.17. The maximum absolute atomic E-state index is 12.5. The van der Waals surface area contributed by atoms with Crippen LogP contribution in [0.15, 0.2) is 58.4 Å². The number of halogens is 3. The smallest absolute Gasteiger partial charge is 0.413 e. The Balaban J connectivity index is 1.49. The van der Waals surface area contributed by atoms with Gasteiger partial charge in [-0.3, -0.25) is 20.0 Å². The van der Waals surface area contributed by atoms with E-state index in [1.54, 1.807) is 19.2 Å². The van der Waals surface area contributed by atoms with Crippen molar-refractivity contribution < 1.29 is 23.1 Å². The first-order valence-corrected chi connectivity index (χ1v) is 13.4. The lowest BCUT2D eigenvalue weighted by molar-refractivity contribution is -0.125. The van der Waals surface area contributed by atoms with Gasteiger partial charge in [0.1, 0.15) is 11.7 Å². The molecule has 0 saturated heterocycles. The molecule has 0 atom stereocenters. The summed E-state index contributed by atoms with van der Waals surface area (Å²) in [6, 6.07) is 9.81. The Hall–Kier alpha value is -2.63. The van der Waals surface area contributed by atoms with Gasteiger partial charge in [-0.05, 0) is 17.7 Å². The molecule has 0 aromatic heterocycles. The fraction of sp³-hybridized carbons (Fsp3) is 0.261. The molecule has 9 nitrogen and oxygen atoms in total. The molecule has 36 heavy (non-hydrogen) atoms. The molecule has 1 heterocycles. The van der Waals surface area contributed by atoms with E-state index in [2.05, 4.69) is 10.3 Å². The molecule has 13 heteroatoms. The summed E-state index contributed by atoms with van der Waals surface area (Å²) >= 11 is 17.8. The van der Waals surface area contributed by atoms with Crippen molar-refractivity contribution in [3.8, 4) is 0 Å². The number of nitrogens with one attached hydrogen (secondary N) is 1. The highest BCUT2D eigenvalue weighted by atomic mass is 35.5. The van der Waals surface area contributed by atoms with E-state index >= 15 is 0 Å². The Bertz CT molecular complexity index is 1310. The third-order valence-corrected chi connectivity index (χ3v) is 8.23. The minimum Gasteiger partial charge on any atom is -0.465 e. The Morgan fingerprint density at radius 1 is 1.14 bits per heavy atom. The van der Waals surface area contributed by atoms with Crippen LogP contribution in [0.5, 0.6) is 0 Å². The zero-order valence-corrected chi connectivity index (χ0v) is 22.2. The van der Waals surface area contributed by atoms with Gasteiger partial charge in [-0.15, -0.1) is 0 Å². The number of hydrogen-bond donors (Lipinski definition) is 2. The van der Waals surface area contributed by atoms with E-state index < -0.39 is 21.8 Å². The SMILES string of the molecule is CN(Cc1ccc(C2=NCCN2C(=O)O)cc1)C(=O)/C=C/CNCS(=O)(=O)c1ccc(Cl)c(Cl)c1Cl. The van der Waals surface area contributed by atoms with Crippen molar-refractivity contribution in [3.63, 3.8) is 0 Å². The summed E-state index contributed by atoms with van der Waals surface area (Å²) < 4.78 is 25.0. The van der Waals surface area contributed by atoms with Gasteiger partial charge in [0, 0.05) is 31.8 Å². The second-order valence-electron chi connectivity index (χ2n) is 7.82. The van der Waals surface area contributed by atoms with Gasteiger partial charge in [-0.2, -0.15) is 0 Å². The van der Waals surface area contributed by atoms with Crippen molar-refractivity contribution in [2.45, 2.75) is 11.4 Å². The van der Waals surface area contributed by atoms with Gasteiger partial charge in [0.2, 0.25) is 5.91 Å². The monoisotopic (exact) mass is 572 g/mol. The number of nitrogens with zero attached hydrogens (tertiary/aromatic N) is 3. The molecule has 0 radical (unpaired) electrons. The largest absolute Gasteiger partial charge is 0.465 e. The molecule has 0 unspecified atom stereocenters. The van der Waals surface area contributed by atoms with E-state index in [1.807, 2.05) is 12.1 Å². The minimum atomic E-state index is -3.77. The molecule has 192 valence electrons. The predicted molar refractivity (Wildman–Crippen MR) is 140 cm³/mol. The van der Waals surface area contributed by atoms with E-state index in [1.165, 1.54) is 34.1 Å². The summed E-state index contributed by atoms with van der Waals surface area (Å²) in [6.07, 6.45) is 1.82. The summed E-state index contributed by atoms with van der Waals surface area (Å²) in [5, 5.41) is 12.0. The second-order valence-corrected chi connectivity index (χ2v) is 10.9. The number of carboxylic acid groups (broad SMARTS) is 1. The van der Waals surface area contributed by atoms with Gasteiger partial charge in [-0.25, -0.2) is 13.2 Å². The molecule has 2 N–H and O–H groups in total. The fourth-order valence-electron chi connectivity index (χ4n) is 3.38. The summed E-state index contributed by atoms with van der Waals surface area (Å²) in [5.74, 6) is -0.262. The van der Waals surface area contributed by atoms with Crippen molar-refractivity contribution in [1.82, 2.24) is 15.1 Å². The van der Waals surface area contributed by atoms with Crippen LogP contribution in [0.3, 0.4) is 0 Å². The molecule has 0 bridgehead atoms. The summed E-state index contributed by atoms with van der Waals surface area (Å²) in [4.78, 5) is 30.5. The molecule has 0 saturated carbocycles. The maximum Gasteiger partial charge on any atom is 0.413 e. The van der Waals surface area contributed by atoms with E-state index in [-0.39, 0.29) is 32.4 Å². The van der Waals surface area contributed by atoms with Crippen LogP contribution in [0.1, 0.15) is 11.1 Å². The average molecular weight is 574 g/mol. The highest BCUT2D eigenvalue weighted by Crippen LogP contribution is 2.35. The molecule has 1 aliphatic rings. The third-order valence-electron chi connectivity index (χ3n) is 5.23. The number of carbonyl (C=O) groups is 2. The van der Waals surface area contributed by atoms with Crippen molar-refractivity contribution in [2.24, 2.45) is 4.99 Å². The Morgan fingerprint density at radius 2 is 1.83 bits per heavy atom. The van der Waals surface area contributed by atoms with E-state index in [0.717, 1.165) is 5.56 Å². The molecule has 2 aromatic rings. The number of carbonyl (C=O) groups excluding carboxylic acids is 1. The van der Waals surface area contributed by atoms with Crippen molar-refractivity contribution in [3.05, 3.63) is 74.7 Å². The number of amides is 2. The lowest BCUT2D eigenvalue weighted by atomic mass is 10.1. The lowest BCUT2D eigenvalue weighted by Crippen LogP contribution is -2.33. The van der Waals surface area contributed by atoms with E-state index in [9.17, 15) is 23.1 Å². The molecule has 2 aromatic carbocycles. The molecular weight excluding hydrogens is 551 g/mol. The van der Waals surface area contributed by atoms with Crippen molar-refractivity contribution >= 4 is 62.5 Å². The van der Waals surface area contributed by atoms with E-state index in [0.29, 0.717) is 31.0 Å². The number of rotatable bonds is 9. The van der Waals surface area contributed by atoms with Crippen LogP contribution in [0.25, 0.3) is 0 Å². The van der Waals surface area contributed by atoms with Crippen LogP contribution in [-0.2, 0) is 21.2 Å². The number of hydrogen-bond acceptors (Lipinski definition) is 6. The van der Waals surface area contributed by atoms with Gasteiger partial charge in [0.25, 0.3) is 0 Å². The van der Waals surface area contributed by atoms with Crippen molar-refractivity contribution in [2.75, 3.05) is 32.6 Å². The fourth-order valence-corrected chi connectivity index (χ4v) is 5.52. The maximum atomic E-state index is 12.5. The summed E-state index contributed by atoms with van der Waals surface area (Å²) in [7, 11) is -2.13. The van der Waals surface area contributed by atoms with Crippen LogP contribution >= 0.6 is 34.8 Å². The quantitative estimate of drug-likeness (QED) is 0.267. The summed E-state index contributed by atoms with van der Waals surface area (Å²) in [5.41, 5.74) is 1.54. The van der Waals surface area contributed by atoms with Gasteiger partial charge in [0.15, 0.2) is 9.84 Å². The molecule has 0 fully saturated rings. The third kappa shape index (κ3) is 6.77. The number of likely N-dealkylation sites (N-methyl/N-ethyl adjacent to an activating group) is 1. The van der Waals surface area contributed by atoms with Crippen LogP contribution in [0.2, 0.25) is 15.1 Å². The van der Waals surface area contributed by atoms with Gasteiger partial charge in [-0.1, -0.05) is 65.1 Å². The van der Waals surface area contributed by atoms with Crippen molar-refractivity contribution in [1.29, 1.82) is 0 Å². The predicted octanol–water partition coefficient (Wildman–Crippen LogP) is 3.92. The molecule has 3 rings (SSSR count). The topological polar surface area (TPSA) is 119 Å². The summed E-state index contributed by atoms with van der Waals surface area (Å²) in [6.45, 7) is 1.22. The molecule has 0 spiro atoms. The van der Waals surface area contributed by atoms with Crippen LogP contribution in [0, 0.1) is 0 Å². The molecule has 1 aliphatic heterocycles. The highest BCUT2D eigenvalue weighted by Gasteiger charge is 2.24. The second kappa shape index (κ2) is 12.1. The van der Waals surface area contributed by atoms with Crippen LogP contribution in [0.4, 0.5) is 4.79 Å². The highest BCUT2D eigenvalue weighted by molar-refractivity contribution is 7.91. The normalized spacial score (nSPS) is 13.8. The number of aliphatic imine (C=N–C) groups is 1. The zero-order chi connectivity index (χ0) is 26.5. The van der Waals surface area contributed by atoms with E-state index in [4.69, 9.17) is 34.8 Å². The first-order valence-electron chi connectivity index (χ1n) is 10.6. The zero-order valence-electron chi connectivity index (χ0n) is 19.1. The Morgan fingerprint density at radius 3 is 2.50 bits per heavy atom. The number of sulfone groups is 1. The molecule has 0 aliphatic carbocycles. The van der Waals surface area contributed by atoms with Crippen LogP contribution in [-0.4, -0.2) is 73.7 Å². The number of benzene rings is 2. The average Bonchev–Trinajstić information content (AvgIpc) is 3.33.